The van der Waals surface area contributed by atoms with Crippen LogP contribution in [0.4, 0.5) is 5.69 Å². The summed E-state index contributed by atoms with van der Waals surface area (Å²) in [6, 6.07) is 12.5. The van der Waals surface area contributed by atoms with Crippen LogP contribution in [-0.2, 0) is 0 Å². The zero-order valence-electron chi connectivity index (χ0n) is 12.2. The third-order valence-electron chi connectivity index (χ3n) is 3.11. The lowest BCUT2D eigenvalue weighted by Crippen LogP contribution is -2.12. The highest BCUT2D eigenvalue weighted by atomic mass is 79.9. The molecule has 106 valence electrons. The summed E-state index contributed by atoms with van der Waals surface area (Å²) in [6.45, 7) is 7.73. The van der Waals surface area contributed by atoms with Gasteiger partial charge in [-0.25, -0.2) is 0 Å². The molecular weight excluding hydrogens is 314 g/mol. The molecule has 20 heavy (non-hydrogen) atoms. The van der Waals surface area contributed by atoms with Gasteiger partial charge in [0.1, 0.15) is 12.4 Å². The summed E-state index contributed by atoms with van der Waals surface area (Å²) >= 11 is 3.46. The largest absolute Gasteiger partial charge is 0.491 e. The minimum absolute atomic E-state index is 0.650. The molecule has 2 nitrogen and oxygen atoms in total. The summed E-state index contributed by atoms with van der Waals surface area (Å²) < 4.78 is 6.98. The SMILES string of the molecule is Cc1cc(C)c(OCCNc2cccc(Br)c2)c(C)c1. The molecule has 0 spiro atoms. The normalized spacial score (nSPS) is 10.4. The summed E-state index contributed by atoms with van der Waals surface area (Å²) in [6.07, 6.45) is 0. The number of anilines is 1. The topological polar surface area (TPSA) is 21.3 Å². The number of hydrogen-bond acceptors (Lipinski definition) is 2. The molecule has 0 fully saturated rings. The molecular formula is C17H20BrNO. The van der Waals surface area contributed by atoms with Crippen LogP contribution in [0.3, 0.4) is 0 Å². The molecule has 0 radical (unpaired) electrons. The van der Waals surface area contributed by atoms with Crippen LogP contribution in [0.1, 0.15) is 16.7 Å². The van der Waals surface area contributed by atoms with Crippen molar-refractivity contribution in [3.8, 4) is 5.75 Å². The van der Waals surface area contributed by atoms with E-state index < -0.39 is 0 Å². The second kappa shape index (κ2) is 6.80. The molecule has 0 amide bonds. The van der Waals surface area contributed by atoms with E-state index in [-0.39, 0.29) is 0 Å². The summed E-state index contributed by atoms with van der Waals surface area (Å²) in [4.78, 5) is 0. The van der Waals surface area contributed by atoms with Crippen LogP contribution < -0.4 is 10.1 Å². The number of benzene rings is 2. The molecule has 0 bridgehead atoms. The van der Waals surface area contributed by atoms with Crippen molar-refractivity contribution in [2.45, 2.75) is 20.8 Å². The minimum Gasteiger partial charge on any atom is -0.491 e. The Morgan fingerprint density at radius 1 is 1.05 bits per heavy atom. The molecule has 0 saturated heterocycles. The molecule has 0 saturated carbocycles. The molecule has 0 heterocycles. The molecule has 3 heteroatoms. The molecule has 2 rings (SSSR count). The van der Waals surface area contributed by atoms with E-state index >= 15 is 0 Å². The Bertz CT molecular complexity index is 572. The van der Waals surface area contributed by atoms with Crippen molar-refractivity contribution in [1.82, 2.24) is 0 Å². The first kappa shape index (κ1) is 14.9. The fourth-order valence-electron chi connectivity index (χ4n) is 2.34. The van der Waals surface area contributed by atoms with E-state index in [1.165, 1.54) is 16.7 Å². The average Bonchev–Trinajstić information content (AvgIpc) is 2.36. The molecule has 2 aromatic rings. The molecule has 0 aliphatic carbocycles. The van der Waals surface area contributed by atoms with Crippen LogP contribution >= 0.6 is 15.9 Å². The van der Waals surface area contributed by atoms with E-state index in [4.69, 9.17) is 4.74 Å². The number of halogens is 1. The quantitative estimate of drug-likeness (QED) is 0.788. The molecule has 0 aliphatic heterocycles. The average molecular weight is 334 g/mol. The molecule has 0 aromatic heterocycles. The Balaban J connectivity index is 1.88. The summed E-state index contributed by atoms with van der Waals surface area (Å²) in [5.41, 5.74) is 4.77. The minimum atomic E-state index is 0.650. The van der Waals surface area contributed by atoms with Crippen molar-refractivity contribution in [1.29, 1.82) is 0 Å². The number of hydrogen-bond donors (Lipinski definition) is 1. The van der Waals surface area contributed by atoms with Gasteiger partial charge in [-0.2, -0.15) is 0 Å². The van der Waals surface area contributed by atoms with Crippen molar-refractivity contribution in [2.75, 3.05) is 18.5 Å². The van der Waals surface area contributed by atoms with Gasteiger partial charge in [-0.15, -0.1) is 0 Å². The molecule has 0 atom stereocenters. The maximum Gasteiger partial charge on any atom is 0.125 e. The smallest absolute Gasteiger partial charge is 0.125 e. The van der Waals surface area contributed by atoms with Crippen molar-refractivity contribution < 1.29 is 4.74 Å². The van der Waals surface area contributed by atoms with Gasteiger partial charge in [0.15, 0.2) is 0 Å². The zero-order valence-corrected chi connectivity index (χ0v) is 13.8. The van der Waals surface area contributed by atoms with Crippen LogP contribution in [0.25, 0.3) is 0 Å². The fourth-order valence-corrected chi connectivity index (χ4v) is 2.74. The highest BCUT2D eigenvalue weighted by Crippen LogP contribution is 2.24. The molecule has 2 aromatic carbocycles. The van der Waals surface area contributed by atoms with Crippen LogP contribution in [-0.4, -0.2) is 13.2 Å². The monoisotopic (exact) mass is 333 g/mol. The van der Waals surface area contributed by atoms with Crippen LogP contribution in [0, 0.1) is 20.8 Å². The summed E-state index contributed by atoms with van der Waals surface area (Å²) in [5.74, 6) is 1.01. The second-order valence-corrected chi connectivity index (χ2v) is 5.93. The van der Waals surface area contributed by atoms with E-state index in [0.29, 0.717) is 6.61 Å². The fraction of sp³-hybridized carbons (Fsp3) is 0.294. The molecule has 0 unspecified atom stereocenters. The third-order valence-corrected chi connectivity index (χ3v) is 3.60. The Labute approximate surface area is 129 Å². The molecule has 0 aliphatic rings. The van der Waals surface area contributed by atoms with Gasteiger partial charge in [0.2, 0.25) is 0 Å². The van der Waals surface area contributed by atoms with Gasteiger partial charge in [0.05, 0.1) is 0 Å². The second-order valence-electron chi connectivity index (χ2n) is 5.01. The van der Waals surface area contributed by atoms with Crippen LogP contribution in [0.2, 0.25) is 0 Å². The Morgan fingerprint density at radius 2 is 1.75 bits per heavy atom. The van der Waals surface area contributed by atoms with E-state index in [2.05, 4.69) is 60.2 Å². The lowest BCUT2D eigenvalue weighted by atomic mass is 10.1. The zero-order chi connectivity index (χ0) is 14.5. The first-order valence-electron chi connectivity index (χ1n) is 6.76. The highest BCUT2D eigenvalue weighted by molar-refractivity contribution is 9.10. The van der Waals surface area contributed by atoms with Crippen molar-refractivity contribution in [2.24, 2.45) is 0 Å². The number of rotatable bonds is 5. The molecule has 1 N–H and O–H groups in total. The van der Waals surface area contributed by atoms with Gasteiger partial charge in [-0.1, -0.05) is 39.7 Å². The van der Waals surface area contributed by atoms with Crippen molar-refractivity contribution in [3.63, 3.8) is 0 Å². The van der Waals surface area contributed by atoms with Gasteiger partial charge in [-0.05, 0) is 50.1 Å². The Hall–Kier alpha value is -1.48. The van der Waals surface area contributed by atoms with Gasteiger partial charge in [0.25, 0.3) is 0 Å². The maximum atomic E-state index is 5.90. The van der Waals surface area contributed by atoms with Crippen LogP contribution in [0.15, 0.2) is 40.9 Å². The van der Waals surface area contributed by atoms with Gasteiger partial charge in [0, 0.05) is 16.7 Å². The van der Waals surface area contributed by atoms with Gasteiger partial charge < -0.3 is 10.1 Å². The lowest BCUT2D eigenvalue weighted by molar-refractivity contribution is 0.328. The van der Waals surface area contributed by atoms with Crippen LogP contribution in [0.5, 0.6) is 5.75 Å². The Morgan fingerprint density at radius 3 is 2.40 bits per heavy atom. The van der Waals surface area contributed by atoms with Crippen molar-refractivity contribution >= 4 is 21.6 Å². The van der Waals surface area contributed by atoms with E-state index in [9.17, 15) is 0 Å². The van der Waals surface area contributed by atoms with E-state index in [1.807, 2.05) is 18.2 Å². The van der Waals surface area contributed by atoms with Gasteiger partial charge in [-0.3, -0.25) is 0 Å². The van der Waals surface area contributed by atoms with E-state index in [1.54, 1.807) is 0 Å². The first-order chi connectivity index (χ1) is 9.56. The van der Waals surface area contributed by atoms with E-state index in [0.717, 1.165) is 22.5 Å². The standard InChI is InChI=1S/C17H20BrNO/c1-12-9-13(2)17(14(3)10-12)20-8-7-19-16-6-4-5-15(18)11-16/h4-6,9-11,19H,7-8H2,1-3H3. The predicted molar refractivity (Wildman–Crippen MR) is 88.8 cm³/mol. The summed E-state index contributed by atoms with van der Waals surface area (Å²) in [7, 11) is 0. The summed E-state index contributed by atoms with van der Waals surface area (Å²) in [5, 5.41) is 3.35. The lowest BCUT2D eigenvalue weighted by Gasteiger charge is -2.14. The number of nitrogens with one attached hydrogen (secondary N) is 1. The third kappa shape index (κ3) is 4.01. The predicted octanol–water partition coefficient (Wildman–Crippen LogP) is 4.87. The number of ether oxygens (including phenoxy) is 1. The highest BCUT2D eigenvalue weighted by Gasteiger charge is 2.04. The first-order valence-corrected chi connectivity index (χ1v) is 7.55. The maximum absolute atomic E-state index is 5.90. The number of aryl methyl sites for hydroxylation is 3. The van der Waals surface area contributed by atoms with Crippen molar-refractivity contribution in [3.05, 3.63) is 57.6 Å². The van der Waals surface area contributed by atoms with Gasteiger partial charge >= 0.3 is 0 Å². The Kier molecular flexibility index (Phi) is 5.07.